The molecule has 1 aromatic rings. The summed E-state index contributed by atoms with van der Waals surface area (Å²) in [7, 11) is 0. The summed E-state index contributed by atoms with van der Waals surface area (Å²) in [5.41, 5.74) is 1.25. The van der Waals surface area contributed by atoms with E-state index in [1.807, 2.05) is 6.07 Å². The van der Waals surface area contributed by atoms with Gasteiger partial charge in [0.15, 0.2) is 0 Å². The zero-order valence-electron chi connectivity index (χ0n) is 9.09. The van der Waals surface area contributed by atoms with Gasteiger partial charge in [-0.05, 0) is 30.7 Å². The molecule has 1 aliphatic heterocycles. The molecule has 0 bridgehead atoms. The van der Waals surface area contributed by atoms with Crippen molar-refractivity contribution in [3.63, 3.8) is 0 Å². The van der Waals surface area contributed by atoms with Gasteiger partial charge in [-0.25, -0.2) is 4.39 Å². The Balaban J connectivity index is 2.33. The molecule has 0 saturated heterocycles. The number of benzene rings is 1. The van der Waals surface area contributed by atoms with Crippen molar-refractivity contribution in [3.8, 4) is 0 Å². The second-order valence-corrected chi connectivity index (χ2v) is 5.44. The number of hydrogen-bond acceptors (Lipinski definition) is 2. The monoisotopic (exact) mass is 225 g/mol. The molecule has 2 rings (SSSR count). The second-order valence-electron chi connectivity index (χ2n) is 3.96. The van der Waals surface area contributed by atoms with Crippen molar-refractivity contribution >= 4 is 11.8 Å². The van der Waals surface area contributed by atoms with E-state index < -0.39 is 0 Å². The van der Waals surface area contributed by atoms with E-state index in [9.17, 15) is 4.39 Å². The van der Waals surface area contributed by atoms with Crippen LogP contribution < -0.4 is 5.32 Å². The van der Waals surface area contributed by atoms with Gasteiger partial charge in [-0.1, -0.05) is 19.9 Å². The van der Waals surface area contributed by atoms with Gasteiger partial charge in [0.1, 0.15) is 5.82 Å². The van der Waals surface area contributed by atoms with Gasteiger partial charge in [0.05, 0.1) is 0 Å². The summed E-state index contributed by atoms with van der Waals surface area (Å²) < 4.78 is 13.1. The molecule has 0 aliphatic carbocycles. The number of hydrogen-bond donors (Lipinski definition) is 1. The molecule has 1 aliphatic rings. The molecule has 2 atom stereocenters. The number of fused-ring (bicyclic) bond motifs is 1. The average Bonchev–Trinajstić information content (AvgIpc) is 2.17. The van der Waals surface area contributed by atoms with Gasteiger partial charge in [-0.15, -0.1) is 11.8 Å². The summed E-state index contributed by atoms with van der Waals surface area (Å²) in [5.74, 6) is -0.134. The van der Waals surface area contributed by atoms with E-state index in [2.05, 4.69) is 19.2 Å². The van der Waals surface area contributed by atoms with E-state index in [0.29, 0.717) is 11.3 Å². The van der Waals surface area contributed by atoms with E-state index >= 15 is 0 Å². The Bertz CT molecular complexity index is 353. The third-order valence-electron chi connectivity index (χ3n) is 2.70. The first-order valence-electron chi connectivity index (χ1n) is 5.40. The van der Waals surface area contributed by atoms with Crippen molar-refractivity contribution in [2.24, 2.45) is 0 Å². The predicted octanol–water partition coefficient (Wildman–Crippen LogP) is 3.36. The summed E-state index contributed by atoms with van der Waals surface area (Å²) in [6.07, 6.45) is 1.12. The molecule has 0 saturated carbocycles. The van der Waals surface area contributed by atoms with Crippen LogP contribution in [0.4, 0.5) is 4.39 Å². The molecule has 0 aromatic heterocycles. The van der Waals surface area contributed by atoms with Gasteiger partial charge < -0.3 is 5.32 Å². The molecule has 1 aromatic carbocycles. The Kier molecular flexibility index (Phi) is 3.32. The Morgan fingerprint density at radius 2 is 2.33 bits per heavy atom. The Morgan fingerprint density at radius 3 is 3.07 bits per heavy atom. The van der Waals surface area contributed by atoms with Crippen LogP contribution in [0, 0.1) is 5.82 Å². The first-order chi connectivity index (χ1) is 7.20. The van der Waals surface area contributed by atoms with E-state index in [4.69, 9.17) is 0 Å². The zero-order valence-corrected chi connectivity index (χ0v) is 9.90. The maximum atomic E-state index is 13.1. The number of halogens is 1. The van der Waals surface area contributed by atoms with Crippen LogP contribution in [0.15, 0.2) is 23.1 Å². The van der Waals surface area contributed by atoms with Crippen molar-refractivity contribution in [2.75, 3.05) is 6.54 Å². The third kappa shape index (κ3) is 2.34. The molecule has 2 unspecified atom stereocenters. The zero-order chi connectivity index (χ0) is 10.8. The summed E-state index contributed by atoms with van der Waals surface area (Å²) in [6, 6.07) is 5.51. The van der Waals surface area contributed by atoms with Crippen molar-refractivity contribution in [1.82, 2.24) is 5.32 Å². The van der Waals surface area contributed by atoms with Gasteiger partial charge in [0.2, 0.25) is 0 Å². The Labute approximate surface area is 94.5 Å². The lowest BCUT2D eigenvalue weighted by atomic mass is 10.0. The highest BCUT2D eigenvalue weighted by Gasteiger charge is 2.24. The molecule has 1 N–H and O–H groups in total. The minimum Gasteiger partial charge on any atom is -0.310 e. The lowest BCUT2D eigenvalue weighted by Crippen LogP contribution is -2.26. The van der Waals surface area contributed by atoms with Crippen LogP contribution in [0.1, 0.15) is 31.9 Å². The largest absolute Gasteiger partial charge is 0.310 e. The highest BCUT2D eigenvalue weighted by atomic mass is 32.2. The van der Waals surface area contributed by atoms with Crippen LogP contribution in [-0.4, -0.2) is 11.8 Å². The van der Waals surface area contributed by atoms with E-state index in [1.165, 1.54) is 5.56 Å². The quantitative estimate of drug-likeness (QED) is 0.828. The van der Waals surface area contributed by atoms with Crippen LogP contribution in [0.5, 0.6) is 0 Å². The Hall–Kier alpha value is -0.540. The van der Waals surface area contributed by atoms with Gasteiger partial charge in [-0.2, -0.15) is 0 Å². The molecule has 0 spiro atoms. The molecule has 1 nitrogen and oxygen atoms in total. The summed E-state index contributed by atoms with van der Waals surface area (Å²) >= 11 is 1.78. The predicted molar refractivity (Wildman–Crippen MR) is 62.8 cm³/mol. The van der Waals surface area contributed by atoms with Crippen molar-refractivity contribution in [3.05, 3.63) is 29.6 Å². The van der Waals surface area contributed by atoms with Crippen molar-refractivity contribution in [2.45, 2.75) is 36.5 Å². The highest BCUT2D eigenvalue weighted by Crippen LogP contribution is 2.40. The smallest absolute Gasteiger partial charge is 0.124 e. The molecule has 0 amide bonds. The van der Waals surface area contributed by atoms with Gasteiger partial charge in [-0.3, -0.25) is 0 Å². The summed E-state index contributed by atoms with van der Waals surface area (Å²) in [4.78, 5) is 1.10. The number of rotatable bonds is 2. The highest BCUT2D eigenvalue weighted by molar-refractivity contribution is 8.00. The topological polar surface area (TPSA) is 12.0 Å². The van der Waals surface area contributed by atoms with Crippen LogP contribution in [0.25, 0.3) is 0 Å². The average molecular weight is 225 g/mol. The van der Waals surface area contributed by atoms with E-state index in [1.54, 1.807) is 23.9 Å². The first kappa shape index (κ1) is 11.0. The number of thioether (sulfide) groups is 1. The fourth-order valence-electron chi connectivity index (χ4n) is 2.06. The molecule has 82 valence electrons. The minimum atomic E-state index is -0.134. The third-order valence-corrected chi connectivity index (χ3v) is 3.90. The van der Waals surface area contributed by atoms with Crippen LogP contribution in [0.2, 0.25) is 0 Å². The van der Waals surface area contributed by atoms with Crippen molar-refractivity contribution < 1.29 is 4.39 Å². The normalized spacial score (nSPS) is 25.0. The Morgan fingerprint density at radius 1 is 1.53 bits per heavy atom. The molecule has 0 fully saturated rings. The molecule has 0 radical (unpaired) electrons. The van der Waals surface area contributed by atoms with E-state index in [0.717, 1.165) is 17.9 Å². The van der Waals surface area contributed by atoms with Crippen molar-refractivity contribution in [1.29, 1.82) is 0 Å². The maximum Gasteiger partial charge on any atom is 0.124 e. The van der Waals surface area contributed by atoms with E-state index in [-0.39, 0.29) is 5.82 Å². The first-order valence-corrected chi connectivity index (χ1v) is 6.28. The standard InChI is InChI=1S/C12H16FNS/c1-3-14-11-6-8(2)15-12-7-9(13)4-5-10(11)12/h4-5,7-8,11,14H,3,6H2,1-2H3. The summed E-state index contributed by atoms with van der Waals surface area (Å²) in [6.45, 7) is 5.26. The molecular formula is C12H16FNS. The molecule has 15 heavy (non-hydrogen) atoms. The fraction of sp³-hybridized carbons (Fsp3) is 0.500. The lowest BCUT2D eigenvalue weighted by Gasteiger charge is -2.29. The molecular weight excluding hydrogens is 209 g/mol. The second kappa shape index (κ2) is 4.54. The van der Waals surface area contributed by atoms with Gasteiger partial charge >= 0.3 is 0 Å². The fourth-order valence-corrected chi connectivity index (χ4v) is 3.31. The van der Waals surface area contributed by atoms with Crippen LogP contribution in [0.3, 0.4) is 0 Å². The number of nitrogens with one attached hydrogen (secondary N) is 1. The SMILES string of the molecule is CCNC1CC(C)Sc2cc(F)ccc21. The lowest BCUT2D eigenvalue weighted by molar-refractivity contribution is 0.497. The van der Waals surface area contributed by atoms with Gasteiger partial charge in [0, 0.05) is 16.2 Å². The van der Waals surface area contributed by atoms with Gasteiger partial charge in [0.25, 0.3) is 0 Å². The molecule has 1 heterocycles. The minimum absolute atomic E-state index is 0.134. The maximum absolute atomic E-state index is 13.1. The summed E-state index contributed by atoms with van der Waals surface area (Å²) in [5, 5.41) is 4.01. The van der Waals surface area contributed by atoms with Crippen LogP contribution >= 0.6 is 11.8 Å². The van der Waals surface area contributed by atoms with Crippen LogP contribution in [-0.2, 0) is 0 Å². The molecule has 3 heteroatoms.